The van der Waals surface area contributed by atoms with Crippen LogP contribution in [0.3, 0.4) is 0 Å². The molecule has 1 aromatic carbocycles. The number of methoxy groups -OCH3 is 1. The van der Waals surface area contributed by atoms with Gasteiger partial charge in [-0.2, -0.15) is 13.2 Å². The van der Waals surface area contributed by atoms with Gasteiger partial charge in [0.15, 0.2) is 11.5 Å². The normalized spacial score (nSPS) is 13.1. The van der Waals surface area contributed by atoms with Crippen molar-refractivity contribution in [1.82, 2.24) is 0 Å². The Balaban J connectivity index is 3.47. The average molecular weight is 279 g/mol. The summed E-state index contributed by atoms with van der Waals surface area (Å²) in [5.41, 5.74) is 3.69. The molecular formula is C11H12F3NO4. The minimum absolute atomic E-state index is 0.183. The molecule has 0 aromatic heterocycles. The number of carbonyl (C=O) groups is 1. The summed E-state index contributed by atoms with van der Waals surface area (Å²) in [6.07, 6.45) is -4.83. The molecule has 0 saturated heterocycles. The number of benzene rings is 1. The van der Waals surface area contributed by atoms with Crippen LogP contribution in [0.5, 0.6) is 11.5 Å². The molecule has 0 spiro atoms. The van der Waals surface area contributed by atoms with Crippen molar-refractivity contribution in [3.63, 3.8) is 0 Å². The minimum Gasteiger partial charge on any atom is -0.504 e. The molecule has 0 heterocycles. The number of hydrogen-bond donors (Lipinski definition) is 3. The van der Waals surface area contributed by atoms with Gasteiger partial charge in [-0.05, 0) is 17.7 Å². The summed E-state index contributed by atoms with van der Waals surface area (Å²) in [5.74, 6) is -4.21. The predicted octanol–water partition coefficient (Wildman–Crippen LogP) is 1.55. The molecule has 0 fully saturated rings. The summed E-state index contributed by atoms with van der Waals surface area (Å²) < 4.78 is 42.8. The van der Waals surface area contributed by atoms with E-state index in [1.807, 2.05) is 0 Å². The Hall–Kier alpha value is -1.96. The second-order valence-electron chi connectivity index (χ2n) is 3.74. The molecule has 0 aliphatic rings. The second-order valence-corrected chi connectivity index (χ2v) is 3.74. The van der Waals surface area contributed by atoms with Crippen LogP contribution in [-0.2, 0) is 11.0 Å². The first-order valence-electron chi connectivity index (χ1n) is 5.13. The fraction of sp³-hybridized carbons (Fsp3) is 0.364. The number of halogens is 3. The van der Waals surface area contributed by atoms with Crippen LogP contribution in [0.15, 0.2) is 12.1 Å². The molecule has 0 aliphatic carbocycles. The Bertz CT molecular complexity index is 488. The molecule has 1 aromatic rings. The van der Waals surface area contributed by atoms with Gasteiger partial charge in [-0.25, -0.2) is 0 Å². The fourth-order valence-electron chi connectivity index (χ4n) is 1.58. The van der Waals surface area contributed by atoms with Crippen LogP contribution in [-0.4, -0.2) is 29.8 Å². The van der Waals surface area contributed by atoms with Gasteiger partial charge in [0, 0.05) is 6.54 Å². The van der Waals surface area contributed by atoms with E-state index in [2.05, 4.69) is 4.74 Å². The quantitative estimate of drug-likeness (QED) is 0.777. The van der Waals surface area contributed by atoms with Gasteiger partial charge in [-0.1, -0.05) is 0 Å². The van der Waals surface area contributed by atoms with Crippen LogP contribution < -0.4 is 10.5 Å². The molecule has 0 radical (unpaired) electrons. The van der Waals surface area contributed by atoms with Crippen LogP contribution in [0.4, 0.5) is 13.2 Å². The Morgan fingerprint density at radius 3 is 2.42 bits per heavy atom. The number of rotatable bonds is 4. The van der Waals surface area contributed by atoms with Crippen LogP contribution in [0, 0.1) is 0 Å². The van der Waals surface area contributed by atoms with E-state index in [0.29, 0.717) is 6.07 Å². The van der Waals surface area contributed by atoms with Gasteiger partial charge in [0.25, 0.3) is 0 Å². The highest BCUT2D eigenvalue weighted by Gasteiger charge is 2.37. The van der Waals surface area contributed by atoms with E-state index in [0.717, 1.165) is 13.2 Å². The summed E-state index contributed by atoms with van der Waals surface area (Å²) in [4.78, 5) is 10.9. The molecule has 1 atom stereocenters. The zero-order valence-corrected chi connectivity index (χ0v) is 9.86. The molecule has 1 rings (SSSR count). The lowest BCUT2D eigenvalue weighted by molar-refractivity contribution is -0.140. The number of aliphatic carboxylic acids is 1. The SMILES string of the molecule is COc1cc(C(CN)C(=O)O)cc(C(F)(F)F)c1O. The maximum absolute atomic E-state index is 12.7. The van der Waals surface area contributed by atoms with Crippen molar-refractivity contribution >= 4 is 5.97 Å². The Morgan fingerprint density at radius 1 is 1.47 bits per heavy atom. The molecule has 8 heteroatoms. The monoisotopic (exact) mass is 279 g/mol. The van der Waals surface area contributed by atoms with Crippen molar-refractivity contribution in [3.8, 4) is 11.5 Å². The Labute approximate surface area is 106 Å². The Morgan fingerprint density at radius 2 is 2.05 bits per heavy atom. The predicted molar refractivity (Wildman–Crippen MR) is 59.1 cm³/mol. The van der Waals surface area contributed by atoms with E-state index in [-0.39, 0.29) is 12.1 Å². The third kappa shape index (κ3) is 3.08. The summed E-state index contributed by atoms with van der Waals surface area (Å²) >= 11 is 0. The van der Waals surface area contributed by atoms with E-state index in [9.17, 15) is 23.1 Å². The number of carboxylic acids is 1. The minimum atomic E-state index is -4.83. The highest BCUT2D eigenvalue weighted by Crippen LogP contribution is 2.42. The second kappa shape index (κ2) is 5.35. The first kappa shape index (κ1) is 15.1. The van der Waals surface area contributed by atoms with Crippen LogP contribution >= 0.6 is 0 Å². The van der Waals surface area contributed by atoms with Gasteiger partial charge in [-0.3, -0.25) is 4.79 Å². The van der Waals surface area contributed by atoms with Crippen molar-refractivity contribution in [2.45, 2.75) is 12.1 Å². The third-order valence-electron chi connectivity index (χ3n) is 2.56. The van der Waals surface area contributed by atoms with Gasteiger partial charge in [0.2, 0.25) is 0 Å². The molecule has 19 heavy (non-hydrogen) atoms. The maximum atomic E-state index is 12.7. The number of phenols is 1. The lowest BCUT2D eigenvalue weighted by Gasteiger charge is -2.17. The standard InChI is InChI=1S/C11H12F3NO4/c1-19-8-3-5(6(4-15)10(17)18)2-7(9(8)16)11(12,13)14/h2-3,6,16H,4,15H2,1H3,(H,17,18). The lowest BCUT2D eigenvalue weighted by Crippen LogP contribution is -2.22. The fourth-order valence-corrected chi connectivity index (χ4v) is 1.58. The topological polar surface area (TPSA) is 92.8 Å². The lowest BCUT2D eigenvalue weighted by atomic mass is 9.96. The first-order chi connectivity index (χ1) is 8.72. The van der Waals surface area contributed by atoms with E-state index >= 15 is 0 Å². The first-order valence-corrected chi connectivity index (χ1v) is 5.13. The molecule has 0 bridgehead atoms. The molecule has 4 N–H and O–H groups in total. The van der Waals surface area contributed by atoms with E-state index in [4.69, 9.17) is 10.8 Å². The van der Waals surface area contributed by atoms with Gasteiger partial charge < -0.3 is 20.7 Å². The van der Waals surface area contributed by atoms with Crippen molar-refractivity contribution in [2.75, 3.05) is 13.7 Å². The number of nitrogens with two attached hydrogens (primary N) is 1. The molecule has 0 aliphatic heterocycles. The van der Waals surface area contributed by atoms with Gasteiger partial charge in [-0.15, -0.1) is 0 Å². The van der Waals surface area contributed by atoms with Crippen molar-refractivity contribution in [3.05, 3.63) is 23.3 Å². The van der Waals surface area contributed by atoms with Crippen LogP contribution in [0.1, 0.15) is 17.0 Å². The van der Waals surface area contributed by atoms with Crippen molar-refractivity contribution in [1.29, 1.82) is 0 Å². The number of ether oxygens (including phenoxy) is 1. The molecule has 0 amide bonds. The van der Waals surface area contributed by atoms with Gasteiger partial charge in [0.1, 0.15) is 5.56 Å². The van der Waals surface area contributed by atoms with Crippen molar-refractivity contribution in [2.24, 2.45) is 5.73 Å². The zero-order chi connectivity index (χ0) is 14.8. The molecule has 106 valence electrons. The molecule has 0 saturated carbocycles. The average Bonchev–Trinajstić information content (AvgIpc) is 2.29. The third-order valence-corrected chi connectivity index (χ3v) is 2.56. The number of aromatic hydroxyl groups is 1. The smallest absolute Gasteiger partial charge is 0.420 e. The highest BCUT2D eigenvalue weighted by molar-refractivity contribution is 5.77. The van der Waals surface area contributed by atoms with Crippen LogP contribution in [0.2, 0.25) is 0 Å². The van der Waals surface area contributed by atoms with E-state index in [1.54, 1.807) is 0 Å². The summed E-state index contributed by atoms with van der Waals surface area (Å²) in [6.45, 7) is -0.374. The summed E-state index contributed by atoms with van der Waals surface area (Å²) in [5, 5.41) is 18.3. The van der Waals surface area contributed by atoms with E-state index in [1.165, 1.54) is 0 Å². The summed E-state index contributed by atoms with van der Waals surface area (Å²) in [7, 11) is 1.07. The zero-order valence-electron chi connectivity index (χ0n) is 9.86. The molecular weight excluding hydrogens is 267 g/mol. The van der Waals surface area contributed by atoms with Gasteiger partial charge >= 0.3 is 12.1 Å². The van der Waals surface area contributed by atoms with Crippen molar-refractivity contribution < 1.29 is 32.9 Å². The highest BCUT2D eigenvalue weighted by atomic mass is 19.4. The number of hydrogen-bond acceptors (Lipinski definition) is 4. The van der Waals surface area contributed by atoms with E-state index < -0.39 is 35.1 Å². The van der Waals surface area contributed by atoms with Crippen LogP contribution in [0.25, 0.3) is 0 Å². The Kier molecular flexibility index (Phi) is 4.25. The number of phenolic OH excluding ortho intramolecular Hbond substituents is 1. The number of carboxylic acid groups (broad SMARTS) is 1. The number of alkyl halides is 3. The molecule has 1 unspecified atom stereocenters. The molecule has 5 nitrogen and oxygen atoms in total. The largest absolute Gasteiger partial charge is 0.504 e. The van der Waals surface area contributed by atoms with Gasteiger partial charge in [0.05, 0.1) is 13.0 Å². The summed E-state index contributed by atoms with van der Waals surface area (Å²) in [6, 6.07) is 1.58. The maximum Gasteiger partial charge on any atom is 0.420 e.